The van der Waals surface area contributed by atoms with Crippen LogP contribution in [0.3, 0.4) is 0 Å². The fourth-order valence-corrected chi connectivity index (χ4v) is 6.70. The molecule has 4 heteroatoms. The minimum Gasteiger partial charge on any atom is -0.355 e. The van der Waals surface area contributed by atoms with Crippen LogP contribution in [-0.2, 0) is 15.0 Å². The molecule has 3 aliphatic rings. The Morgan fingerprint density at radius 2 is 1.59 bits per heavy atom. The Bertz CT molecular complexity index is 986. The highest BCUT2D eigenvalue weighted by Crippen LogP contribution is 2.50. The summed E-state index contributed by atoms with van der Waals surface area (Å²) in [5.41, 5.74) is 3.41. The van der Waals surface area contributed by atoms with Gasteiger partial charge in [-0.2, -0.15) is 0 Å². The lowest BCUT2D eigenvalue weighted by atomic mass is 9.62. The monoisotopic (exact) mass is 430 g/mol. The standard InChI is InChI=1S/C28H34N2O2/c1-21-9-5-6-12-23(21)24-20-29-25(31)19-27(24)15-17-30(18-16-27)26(32)28(13-7-8-14-28)22-10-3-2-4-11-22/h2-6,9-12,24H,7-8,13-20H2,1H3,(H,29,31)/t24-/m0/s1. The normalized spacial score (nSPS) is 24.3. The average molecular weight is 431 g/mol. The first-order chi connectivity index (χ1) is 15.5. The molecule has 4 nitrogen and oxygen atoms in total. The number of benzene rings is 2. The van der Waals surface area contributed by atoms with Gasteiger partial charge in [-0.25, -0.2) is 0 Å². The number of amides is 2. The molecular formula is C28H34N2O2. The molecule has 32 heavy (non-hydrogen) atoms. The van der Waals surface area contributed by atoms with Crippen LogP contribution in [0.4, 0.5) is 0 Å². The highest BCUT2D eigenvalue weighted by Gasteiger charge is 2.50. The van der Waals surface area contributed by atoms with Crippen molar-refractivity contribution in [3.63, 3.8) is 0 Å². The molecule has 0 aromatic heterocycles. The van der Waals surface area contributed by atoms with E-state index in [4.69, 9.17) is 0 Å². The Labute approximate surface area is 191 Å². The van der Waals surface area contributed by atoms with E-state index in [1.54, 1.807) is 0 Å². The van der Waals surface area contributed by atoms with Gasteiger partial charge in [-0.1, -0.05) is 67.4 Å². The molecule has 2 aromatic rings. The lowest BCUT2D eigenvalue weighted by molar-refractivity contribution is -0.141. The quantitative estimate of drug-likeness (QED) is 0.766. The molecule has 2 amide bonds. The maximum Gasteiger partial charge on any atom is 0.233 e. The number of piperidine rings is 2. The van der Waals surface area contributed by atoms with Crippen molar-refractivity contribution in [2.45, 2.75) is 63.2 Å². The van der Waals surface area contributed by atoms with E-state index in [0.29, 0.717) is 24.8 Å². The van der Waals surface area contributed by atoms with E-state index in [1.807, 2.05) is 6.07 Å². The summed E-state index contributed by atoms with van der Waals surface area (Å²) in [5, 5.41) is 3.12. The van der Waals surface area contributed by atoms with Crippen molar-refractivity contribution in [3.05, 3.63) is 71.3 Å². The molecule has 5 rings (SSSR count). The van der Waals surface area contributed by atoms with Crippen LogP contribution in [0.1, 0.15) is 67.6 Å². The summed E-state index contributed by atoms with van der Waals surface area (Å²) in [4.78, 5) is 28.5. The summed E-state index contributed by atoms with van der Waals surface area (Å²) >= 11 is 0. The summed E-state index contributed by atoms with van der Waals surface area (Å²) in [6.07, 6.45) is 6.50. The van der Waals surface area contributed by atoms with Gasteiger partial charge in [0.25, 0.3) is 0 Å². The second kappa shape index (κ2) is 8.38. The van der Waals surface area contributed by atoms with Gasteiger partial charge < -0.3 is 10.2 Å². The maximum atomic E-state index is 13.9. The minimum absolute atomic E-state index is 0.0547. The van der Waals surface area contributed by atoms with Gasteiger partial charge in [-0.05, 0) is 54.7 Å². The maximum absolute atomic E-state index is 13.9. The summed E-state index contributed by atoms with van der Waals surface area (Å²) in [5.74, 6) is 0.781. The van der Waals surface area contributed by atoms with Crippen molar-refractivity contribution in [2.75, 3.05) is 19.6 Å². The molecule has 168 valence electrons. The Morgan fingerprint density at radius 1 is 0.938 bits per heavy atom. The molecule has 0 unspecified atom stereocenters. The first-order valence-corrected chi connectivity index (χ1v) is 12.2. The molecule has 1 saturated carbocycles. The van der Waals surface area contributed by atoms with E-state index >= 15 is 0 Å². The number of carbonyl (C=O) groups excluding carboxylic acids is 2. The third-order valence-electron chi connectivity index (χ3n) is 8.56. The number of hydrogen-bond donors (Lipinski definition) is 1. The smallest absolute Gasteiger partial charge is 0.233 e. The topological polar surface area (TPSA) is 49.4 Å². The average Bonchev–Trinajstić information content (AvgIpc) is 3.32. The first-order valence-electron chi connectivity index (χ1n) is 12.2. The van der Waals surface area contributed by atoms with E-state index < -0.39 is 0 Å². The SMILES string of the molecule is Cc1ccccc1[C@@H]1CNC(=O)CC12CCN(C(=O)C1(c3ccccc3)CCCC1)CC2. The van der Waals surface area contributed by atoms with Gasteiger partial charge in [0.2, 0.25) is 11.8 Å². The zero-order valence-corrected chi connectivity index (χ0v) is 19.1. The fraction of sp³-hybridized carbons (Fsp3) is 0.500. The van der Waals surface area contributed by atoms with Gasteiger partial charge in [0.1, 0.15) is 0 Å². The molecule has 2 aliphatic heterocycles. The van der Waals surface area contributed by atoms with Crippen molar-refractivity contribution in [3.8, 4) is 0 Å². The molecule has 2 aromatic carbocycles. The van der Waals surface area contributed by atoms with Crippen LogP contribution in [0.15, 0.2) is 54.6 Å². The molecule has 1 atom stereocenters. The molecule has 0 bridgehead atoms. The Kier molecular flexibility index (Phi) is 5.56. The van der Waals surface area contributed by atoms with E-state index in [-0.39, 0.29) is 16.7 Å². The second-order valence-electron chi connectivity index (χ2n) is 10.2. The van der Waals surface area contributed by atoms with Gasteiger partial charge in [0.15, 0.2) is 0 Å². The van der Waals surface area contributed by atoms with Crippen molar-refractivity contribution in [1.82, 2.24) is 10.2 Å². The van der Waals surface area contributed by atoms with Gasteiger partial charge in [0, 0.05) is 32.0 Å². The predicted molar refractivity (Wildman–Crippen MR) is 126 cm³/mol. The number of likely N-dealkylation sites (tertiary alicyclic amines) is 1. The molecule has 1 N–H and O–H groups in total. The van der Waals surface area contributed by atoms with E-state index in [0.717, 1.165) is 51.6 Å². The van der Waals surface area contributed by atoms with E-state index in [9.17, 15) is 9.59 Å². The van der Waals surface area contributed by atoms with Crippen molar-refractivity contribution < 1.29 is 9.59 Å². The van der Waals surface area contributed by atoms with Gasteiger partial charge >= 0.3 is 0 Å². The van der Waals surface area contributed by atoms with E-state index in [1.165, 1.54) is 16.7 Å². The largest absolute Gasteiger partial charge is 0.355 e. The minimum atomic E-state index is -0.356. The predicted octanol–water partition coefficient (Wildman–Crippen LogP) is 4.72. The van der Waals surface area contributed by atoms with Gasteiger partial charge in [0.05, 0.1) is 5.41 Å². The molecule has 2 saturated heterocycles. The van der Waals surface area contributed by atoms with Gasteiger partial charge in [-0.15, -0.1) is 0 Å². The highest BCUT2D eigenvalue weighted by atomic mass is 16.2. The lowest BCUT2D eigenvalue weighted by Crippen LogP contribution is -2.55. The summed E-state index contributed by atoms with van der Waals surface area (Å²) < 4.78 is 0. The zero-order valence-electron chi connectivity index (χ0n) is 19.1. The first kappa shape index (κ1) is 21.2. The fourth-order valence-electron chi connectivity index (χ4n) is 6.70. The van der Waals surface area contributed by atoms with Crippen LogP contribution in [0.2, 0.25) is 0 Å². The summed E-state index contributed by atoms with van der Waals surface area (Å²) in [6.45, 7) is 4.37. The van der Waals surface area contributed by atoms with E-state index in [2.05, 4.69) is 65.7 Å². The third kappa shape index (κ3) is 3.54. The Hall–Kier alpha value is -2.62. The Balaban J connectivity index is 1.39. The number of aryl methyl sites for hydroxylation is 1. The molecule has 3 fully saturated rings. The zero-order chi connectivity index (χ0) is 22.2. The van der Waals surface area contributed by atoms with Crippen LogP contribution in [0.25, 0.3) is 0 Å². The van der Waals surface area contributed by atoms with Crippen molar-refractivity contribution >= 4 is 11.8 Å². The number of rotatable bonds is 3. The second-order valence-corrected chi connectivity index (χ2v) is 10.2. The number of nitrogens with one attached hydrogen (secondary N) is 1. The summed E-state index contributed by atoms with van der Waals surface area (Å²) in [6, 6.07) is 19.0. The molecule has 1 aliphatic carbocycles. The van der Waals surface area contributed by atoms with Gasteiger partial charge in [-0.3, -0.25) is 9.59 Å². The van der Waals surface area contributed by atoms with Crippen LogP contribution < -0.4 is 5.32 Å². The number of carbonyl (C=O) groups is 2. The summed E-state index contributed by atoms with van der Waals surface area (Å²) in [7, 11) is 0. The highest BCUT2D eigenvalue weighted by molar-refractivity contribution is 5.89. The molecule has 1 spiro atoms. The molecule has 0 radical (unpaired) electrons. The Morgan fingerprint density at radius 3 is 2.28 bits per heavy atom. The lowest BCUT2D eigenvalue weighted by Gasteiger charge is -2.50. The van der Waals surface area contributed by atoms with Crippen molar-refractivity contribution in [2.24, 2.45) is 5.41 Å². The molecular weight excluding hydrogens is 396 g/mol. The van der Waals surface area contributed by atoms with Crippen LogP contribution in [-0.4, -0.2) is 36.3 Å². The van der Waals surface area contributed by atoms with Crippen LogP contribution in [0.5, 0.6) is 0 Å². The van der Waals surface area contributed by atoms with Crippen LogP contribution >= 0.6 is 0 Å². The van der Waals surface area contributed by atoms with Crippen LogP contribution in [0, 0.1) is 12.3 Å². The number of hydrogen-bond acceptors (Lipinski definition) is 2. The van der Waals surface area contributed by atoms with Crippen molar-refractivity contribution in [1.29, 1.82) is 0 Å². The number of nitrogens with zero attached hydrogens (tertiary/aromatic N) is 1. The molecule has 2 heterocycles. The third-order valence-corrected chi connectivity index (χ3v) is 8.56.